The molecule has 0 spiro atoms. The number of anilines is 2. The quantitative estimate of drug-likeness (QED) is 0.757. The van der Waals surface area contributed by atoms with Crippen molar-refractivity contribution in [3.8, 4) is 11.5 Å². The Morgan fingerprint density at radius 1 is 1.24 bits per heavy atom. The third-order valence-corrected chi connectivity index (χ3v) is 3.64. The molecule has 0 aliphatic carbocycles. The number of benzene rings is 1. The van der Waals surface area contributed by atoms with Crippen LogP contribution in [0.3, 0.4) is 0 Å². The molecule has 0 aliphatic heterocycles. The van der Waals surface area contributed by atoms with Crippen LogP contribution in [-0.4, -0.2) is 16.1 Å². The van der Waals surface area contributed by atoms with Gasteiger partial charge in [0.25, 0.3) is 0 Å². The Morgan fingerprint density at radius 3 is 2.62 bits per heavy atom. The average molecular weight is 300 g/mol. The van der Waals surface area contributed by atoms with E-state index in [1.165, 1.54) is 11.3 Å². The zero-order valence-electron chi connectivity index (χ0n) is 11.2. The lowest BCUT2D eigenvalue weighted by Gasteiger charge is -2.02. The van der Waals surface area contributed by atoms with E-state index < -0.39 is 5.97 Å². The number of aromatic carboxylic acids is 1. The van der Waals surface area contributed by atoms with E-state index in [0.29, 0.717) is 0 Å². The van der Waals surface area contributed by atoms with Crippen LogP contribution >= 0.6 is 11.3 Å². The molecule has 21 heavy (non-hydrogen) atoms. The predicted molar refractivity (Wildman–Crippen MR) is 81.2 cm³/mol. The molecule has 2 N–H and O–H groups in total. The first kappa shape index (κ1) is 13.4. The standard InChI is InChI=1S/C15H12N2O3S/c1-9-2-7-13(20-9)12-8-21-15(17-12)16-11-5-3-10(4-6-11)14(18)19/h2-8H,1H3,(H,16,17)(H,18,19). The van der Waals surface area contributed by atoms with Crippen molar-refractivity contribution in [2.45, 2.75) is 6.92 Å². The number of carbonyl (C=O) groups is 1. The van der Waals surface area contributed by atoms with Gasteiger partial charge in [-0.3, -0.25) is 0 Å². The highest BCUT2D eigenvalue weighted by molar-refractivity contribution is 7.14. The van der Waals surface area contributed by atoms with Crippen LogP contribution in [0.25, 0.3) is 11.5 Å². The molecule has 2 heterocycles. The van der Waals surface area contributed by atoms with E-state index >= 15 is 0 Å². The topological polar surface area (TPSA) is 75.4 Å². The fourth-order valence-electron chi connectivity index (χ4n) is 1.84. The summed E-state index contributed by atoms with van der Waals surface area (Å²) in [7, 11) is 0. The normalized spacial score (nSPS) is 10.5. The maximum atomic E-state index is 10.8. The van der Waals surface area contributed by atoms with Gasteiger partial charge in [-0.05, 0) is 43.3 Å². The van der Waals surface area contributed by atoms with Crippen LogP contribution in [0.1, 0.15) is 16.1 Å². The van der Waals surface area contributed by atoms with Gasteiger partial charge in [-0.1, -0.05) is 0 Å². The molecule has 0 fully saturated rings. The summed E-state index contributed by atoms with van der Waals surface area (Å²) in [6, 6.07) is 10.3. The molecule has 106 valence electrons. The minimum atomic E-state index is -0.939. The zero-order valence-corrected chi connectivity index (χ0v) is 12.0. The Morgan fingerprint density at radius 2 is 2.00 bits per heavy atom. The third kappa shape index (κ3) is 2.95. The van der Waals surface area contributed by atoms with Gasteiger partial charge in [-0.2, -0.15) is 0 Å². The van der Waals surface area contributed by atoms with E-state index in [1.807, 2.05) is 24.4 Å². The lowest BCUT2D eigenvalue weighted by molar-refractivity contribution is 0.0697. The fourth-order valence-corrected chi connectivity index (χ4v) is 2.56. The van der Waals surface area contributed by atoms with Gasteiger partial charge >= 0.3 is 5.97 Å². The first-order valence-corrected chi connectivity index (χ1v) is 7.12. The molecule has 2 aromatic heterocycles. The highest BCUT2D eigenvalue weighted by atomic mass is 32.1. The van der Waals surface area contributed by atoms with Crippen molar-refractivity contribution >= 4 is 28.1 Å². The zero-order chi connectivity index (χ0) is 14.8. The number of hydrogen-bond acceptors (Lipinski definition) is 5. The van der Waals surface area contributed by atoms with Crippen LogP contribution in [0, 0.1) is 6.92 Å². The van der Waals surface area contributed by atoms with Gasteiger partial charge in [0.15, 0.2) is 10.9 Å². The molecule has 1 aromatic carbocycles. The van der Waals surface area contributed by atoms with Crippen molar-refractivity contribution in [3.63, 3.8) is 0 Å². The molecule has 3 rings (SSSR count). The van der Waals surface area contributed by atoms with Crippen molar-refractivity contribution in [1.29, 1.82) is 0 Å². The van der Waals surface area contributed by atoms with Gasteiger partial charge < -0.3 is 14.8 Å². The molecule has 0 aliphatic rings. The molecule has 0 unspecified atom stereocenters. The molecule has 0 saturated carbocycles. The van der Waals surface area contributed by atoms with Crippen LogP contribution < -0.4 is 5.32 Å². The second kappa shape index (κ2) is 5.41. The highest BCUT2D eigenvalue weighted by Crippen LogP contribution is 2.28. The van der Waals surface area contributed by atoms with Crippen LogP contribution in [0.4, 0.5) is 10.8 Å². The maximum absolute atomic E-state index is 10.8. The molecule has 0 radical (unpaired) electrons. The number of rotatable bonds is 4. The van der Waals surface area contributed by atoms with E-state index in [-0.39, 0.29) is 5.56 Å². The summed E-state index contributed by atoms with van der Waals surface area (Å²) in [5.41, 5.74) is 1.82. The van der Waals surface area contributed by atoms with Gasteiger partial charge in [0, 0.05) is 11.1 Å². The fraction of sp³-hybridized carbons (Fsp3) is 0.0667. The van der Waals surface area contributed by atoms with Crippen molar-refractivity contribution in [2.24, 2.45) is 0 Å². The number of hydrogen-bond donors (Lipinski definition) is 2. The molecule has 6 heteroatoms. The Bertz CT molecular complexity index is 774. The summed E-state index contributed by atoms with van der Waals surface area (Å²) in [4.78, 5) is 15.2. The van der Waals surface area contributed by atoms with Crippen molar-refractivity contribution < 1.29 is 14.3 Å². The number of nitrogens with zero attached hydrogens (tertiary/aromatic N) is 1. The van der Waals surface area contributed by atoms with E-state index in [1.54, 1.807) is 24.3 Å². The molecular formula is C15H12N2O3S. The maximum Gasteiger partial charge on any atom is 0.335 e. The first-order chi connectivity index (χ1) is 10.1. The summed E-state index contributed by atoms with van der Waals surface area (Å²) >= 11 is 1.46. The number of aromatic nitrogens is 1. The van der Waals surface area contributed by atoms with E-state index in [4.69, 9.17) is 9.52 Å². The van der Waals surface area contributed by atoms with Gasteiger partial charge in [-0.15, -0.1) is 11.3 Å². The van der Waals surface area contributed by atoms with Gasteiger partial charge in [-0.25, -0.2) is 9.78 Å². The average Bonchev–Trinajstić information content (AvgIpc) is 3.08. The lowest BCUT2D eigenvalue weighted by Crippen LogP contribution is -1.96. The number of aryl methyl sites for hydroxylation is 1. The largest absolute Gasteiger partial charge is 0.478 e. The van der Waals surface area contributed by atoms with E-state index in [9.17, 15) is 4.79 Å². The molecule has 0 atom stereocenters. The van der Waals surface area contributed by atoms with Crippen molar-refractivity contribution in [2.75, 3.05) is 5.32 Å². The molecular weight excluding hydrogens is 288 g/mol. The van der Waals surface area contributed by atoms with Gasteiger partial charge in [0.2, 0.25) is 0 Å². The van der Waals surface area contributed by atoms with Gasteiger partial charge in [0.1, 0.15) is 11.5 Å². The molecule has 3 aromatic rings. The minimum absolute atomic E-state index is 0.256. The Labute approximate surface area is 124 Å². The van der Waals surface area contributed by atoms with Crippen molar-refractivity contribution in [1.82, 2.24) is 4.98 Å². The number of carboxylic acid groups (broad SMARTS) is 1. The summed E-state index contributed by atoms with van der Waals surface area (Å²) in [6.07, 6.45) is 0. The molecule has 0 bridgehead atoms. The third-order valence-electron chi connectivity index (χ3n) is 2.88. The minimum Gasteiger partial charge on any atom is -0.478 e. The number of furan rings is 1. The van der Waals surface area contributed by atoms with E-state index in [2.05, 4.69) is 10.3 Å². The summed E-state index contributed by atoms with van der Waals surface area (Å²) in [5, 5.41) is 14.6. The van der Waals surface area contributed by atoms with E-state index in [0.717, 1.165) is 28.0 Å². The monoisotopic (exact) mass is 300 g/mol. The first-order valence-electron chi connectivity index (χ1n) is 6.24. The molecule has 0 amide bonds. The Balaban J connectivity index is 1.76. The molecule has 0 saturated heterocycles. The Hall–Kier alpha value is -2.60. The number of nitrogens with one attached hydrogen (secondary N) is 1. The molecule has 5 nitrogen and oxygen atoms in total. The second-order valence-corrected chi connectivity index (χ2v) is 5.31. The predicted octanol–water partition coefficient (Wildman–Crippen LogP) is 4.15. The van der Waals surface area contributed by atoms with Crippen LogP contribution in [-0.2, 0) is 0 Å². The number of carboxylic acids is 1. The van der Waals surface area contributed by atoms with Crippen LogP contribution in [0.2, 0.25) is 0 Å². The summed E-state index contributed by atoms with van der Waals surface area (Å²) in [6.45, 7) is 1.89. The lowest BCUT2D eigenvalue weighted by atomic mass is 10.2. The summed E-state index contributed by atoms with van der Waals surface area (Å²) in [5.74, 6) is 0.640. The summed E-state index contributed by atoms with van der Waals surface area (Å²) < 4.78 is 5.53. The van der Waals surface area contributed by atoms with Crippen LogP contribution in [0.5, 0.6) is 0 Å². The SMILES string of the molecule is Cc1ccc(-c2csc(Nc3ccc(C(=O)O)cc3)n2)o1. The smallest absolute Gasteiger partial charge is 0.335 e. The van der Waals surface area contributed by atoms with Crippen molar-refractivity contribution in [3.05, 3.63) is 53.1 Å². The highest BCUT2D eigenvalue weighted by Gasteiger charge is 2.08. The second-order valence-electron chi connectivity index (χ2n) is 4.46. The van der Waals surface area contributed by atoms with Crippen LogP contribution in [0.15, 0.2) is 46.2 Å². The Kier molecular flexibility index (Phi) is 3.45. The van der Waals surface area contributed by atoms with Gasteiger partial charge in [0.05, 0.1) is 5.56 Å². The number of thiazole rings is 1.